The van der Waals surface area contributed by atoms with Crippen LogP contribution in [0.15, 0.2) is 24.3 Å². The first kappa shape index (κ1) is 11.0. The molecule has 1 aromatic carbocycles. The van der Waals surface area contributed by atoms with E-state index in [9.17, 15) is 4.39 Å². The lowest BCUT2D eigenvalue weighted by Gasteiger charge is -2.13. The predicted octanol–water partition coefficient (Wildman–Crippen LogP) is 2.33. The van der Waals surface area contributed by atoms with Crippen LogP contribution in [0.4, 0.5) is 4.39 Å². The van der Waals surface area contributed by atoms with Gasteiger partial charge in [-0.25, -0.2) is 4.39 Å². The molecule has 0 aliphatic rings. The average Bonchev–Trinajstić information content (AvgIpc) is 2.18. The smallest absolute Gasteiger partial charge is 0.123 e. The molecular formula is C11H16FNO. The van der Waals surface area contributed by atoms with Crippen LogP contribution >= 0.6 is 0 Å². The van der Waals surface area contributed by atoms with Crippen molar-refractivity contribution in [3.05, 3.63) is 30.1 Å². The summed E-state index contributed by atoms with van der Waals surface area (Å²) in [4.78, 5) is 0. The summed E-state index contributed by atoms with van der Waals surface area (Å²) in [5.41, 5.74) is 5.38. The molecule has 1 rings (SSSR count). The molecule has 0 fully saturated rings. The van der Waals surface area contributed by atoms with Crippen LogP contribution in [0.1, 0.15) is 19.8 Å². The maximum Gasteiger partial charge on any atom is 0.123 e. The second kappa shape index (κ2) is 5.60. The first-order chi connectivity index (χ1) is 6.72. The Labute approximate surface area is 83.9 Å². The molecule has 1 unspecified atom stereocenters. The molecular weight excluding hydrogens is 181 g/mol. The van der Waals surface area contributed by atoms with E-state index >= 15 is 0 Å². The molecule has 0 aliphatic carbocycles. The molecule has 78 valence electrons. The predicted molar refractivity (Wildman–Crippen MR) is 54.8 cm³/mol. The van der Waals surface area contributed by atoms with Crippen molar-refractivity contribution in [3.8, 4) is 5.75 Å². The highest BCUT2D eigenvalue weighted by Crippen LogP contribution is 2.14. The van der Waals surface area contributed by atoms with Crippen molar-refractivity contribution < 1.29 is 9.13 Å². The van der Waals surface area contributed by atoms with E-state index in [1.807, 2.05) is 6.92 Å². The van der Waals surface area contributed by atoms with Gasteiger partial charge in [0.15, 0.2) is 0 Å². The van der Waals surface area contributed by atoms with Crippen LogP contribution in [-0.4, -0.2) is 12.6 Å². The Morgan fingerprint density at radius 3 is 2.57 bits per heavy atom. The van der Waals surface area contributed by atoms with Gasteiger partial charge in [0, 0.05) is 0 Å². The molecule has 2 N–H and O–H groups in total. The largest absolute Gasteiger partial charge is 0.491 e. The van der Waals surface area contributed by atoms with Gasteiger partial charge in [-0.3, -0.25) is 0 Å². The SMILES string of the molecule is CC(CCCN)Oc1ccc(F)cc1. The molecule has 3 heteroatoms. The molecule has 1 atom stereocenters. The molecule has 0 amide bonds. The zero-order chi connectivity index (χ0) is 10.4. The zero-order valence-corrected chi connectivity index (χ0v) is 8.37. The Morgan fingerprint density at radius 2 is 2.00 bits per heavy atom. The molecule has 0 radical (unpaired) electrons. The Morgan fingerprint density at radius 1 is 1.36 bits per heavy atom. The Bertz CT molecular complexity index is 260. The fraction of sp³-hybridized carbons (Fsp3) is 0.455. The van der Waals surface area contributed by atoms with E-state index in [1.165, 1.54) is 12.1 Å². The molecule has 0 aliphatic heterocycles. The second-order valence-corrected chi connectivity index (χ2v) is 3.31. The standard InChI is InChI=1S/C11H16FNO/c1-9(3-2-8-13)14-11-6-4-10(12)5-7-11/h4-7,9H,2-3,8,13H2,1H3. The van der Waals surface area contributed by atoms with E-state index in [4.69, 9.17) is 10.5 Å². The van der Waals surface area contributed by atoms with Crippen molar-refractivity contribution in [1.29, 1.82) is 0 Å². The van der Waals surface area contributed by atoms with Crippen LogP contribution in [0.3, 0.4) is 0 Å². The highest BCUT2D eigenvalue weighted by atomic mass is 19.1. The fourth-order valence-corrected chi connectivity index (χ4v) is 1.21. The molecule has 0 bridgehead atoms. The highest BCUT2D eigenvalue weighted by Gasteiger charge is 2.02. The molecule has 2 nitrogen and oxygen atoms in total. The van der Waals surface area contributed by atoms with Crippen LogP contribution in [0.25, 0.3) is 0 Å². The summed E-state index contributed by atoms with van der Waals surface area (Å²) in [5.74, 6) is 0.461. The summed E-state index contributed by atoms with van der Waals surface area (Å²) in [6.45, 7) is 2.66. The van der Waals surface area contributed by atoms with Gasteiger partial charge in [-0.05, 0) is 50.6 Å². The summed E-state index contributed by atoms with van der Waals surface area (Å²) >= 11 is 0. The summed E-state index contributed by atoms with van der Waals surface area (Å²) in [5, 5.41) is 0. The number of halogens is 1. The van der Waals surface area contributed by atoms with Gasteiger partial charge in [-0.1, -0.05) is 0 Å². The first-order valence-corrected chi connectivity index (χ1v) is 4.84. The molecule has 0 spiro atoms. The van der Waals surface area contributed by atoms with E-state index in [-0.39, 0.29) is 11.9 Å². The minimum Gasteiger partial charge on any atom is -0.491 e. The van der Waals surface area contributed by atoms with Gasteiger partial charge in [-0.2, -0.15) is 0 Å². The molecule has 0 saturated carbocycles. The Hall–Kier alpha value is -1.09. The van der Waals surface area contributed by atoms with Gasteiger partial charge >= 0.3 is 0 Å². The third kappa shape index (κ3) is 3.75. The number of benzene rings is 1. The zero-order valence-electron chi connectivity index (χ0n) is 8.37. The van der Waals surface area contributed by atoms with Crippen molar-refractivity contribution in [2.75, 3.05) is 6.54 Å². The van der Waals surface area contributed by atoms with E-state index in [0.29, 0.717) is 12.3 Å². The Kier molecular flexibility index (Phi) is 4.40. The summed E-state index contributed by atoms with van der Waals surface area (Å²) in [6.07, 6.45) is 2.00. The molecule has 1 aromatic rings. The lowest BCUT2D eigenvalue weighted by atomic mass is 10.2. The van der Waals surface area contributed by atoms with Crippen molar-refractivity contribution in [2.45, 2.75) is 25.9 Å². The van der Waals surface area contributed by atoms with Gasteiger partial charge in [0.1, 0.15) is 11.6 Å². The van der Waals surface area contributed by atoms with Crippen molar-refractivity contribution >= 4 is 0 Å². The molecule has 0 saturated heterocycles. The van der Waals surface area contributed by atoms with Gasteiger partial charge in [0.2, 0.25) is 0 Å². The summed E-state index contributed by atoms with van der Waals surface area (Å²) in [7, 11) is 0. The number of nitrogens with two attached hydrogens (primary N) is 1. The lowest BCUT2D eigenvalue weighted by Crippen LogP contribution is -2.13. The summed E-state index contributed by atoms with van der Waals surface area (Å²) < 4.78 is 18.1. The van der Waals surface area contributed by atoms with Crippen molar-refractivity contribution in [3.63, 3.8) is 0 Å². The van der Waals surface area contributed by atoms with Gasteiger partial charge in [-0.15, -0.1) is 0 Å². The van der Waals surface area contributed by atoms with Crippen LogP contribution in [-0.2, 0) is 0 Å². The second-order valence-electron chi connectivity index (χ2n) is 3.31. The van der Waals surface area contributed by atoms with E-state index < -0.39 is 0 Å². The van der Waals surface area contributed by atoms with E-state index in [2.05, 4.69) is 0 Å². The third-order valence-corrected chi connectivity index (χ3v) is 1.97. The topological polar surface area (TPSA) is 35.2 Å². The third-order valence-electron chi connectivity index (χ3n) is 1.97. The maximum absolute atomic E-state index is 12.6. The lowest BCUT2D eigenvalue weighted by molar-refractivity contribution is 0.208. The van der Waals surface area contributed by atoms with Crippen LogP contribution < -0.4 is 10.5 Å². The Balaban J connectivity index is 2.39. The number of rotatable bonds is 5. The summed E-state index contributed by atoms with van der Waals surface area (Å²) in [6, 6.07) is 6.05. The van der Waals surface area contributed by atoms with Crippen molar-refractivity contribution in [2.24, 2.45) is 5.73 Å². The number of hydrogen-bond acceptors (Lipinski definition) is 2. The van der Waals surface area contributed by atoms with Gasteiger partial charge < -0.3 is 10.5 Å². The normalized spacial score (nSPS) is 12.5. The van der Waals surface area contributed by atoms with Gasteiger partial charge in [0.05, 0.1) is 6.10 Å². The van der Waals surface area contributed by atoms with Crippen LogP contribution in [0, 0.1) is 5.82 Å². The van der Waals surface area contributed by atoms with Crippen molar-refractivity contribution in [1.82, 2.24) is 0 Å². The van der Waals surface area contributed by atoms with E-state index in [0.717, 1.165) is 12.8 Å². The monoisotopic (exact) mass is 197 g/mol. The first-order valence-electron chi connectivity index (χ1n) is 4.84. The van der Waals surface area contributed by atoms with Crippen LogP contribution in [0.5, 0.6) is 5.75 Å². The highest BCUT2D eigenvalue weighted by molar-refractivity contribution is 5.22. The number of hydrogen-bond donors (Lipinski definition) is 1. The maximum atomic E-state index is 12.6. The number of ether oxygens (including phenoxy) is 1. The minimum atomic E-state index is -0.244. The molecule has 0 aromatic heterocycles. The minimum absolute atomic E-state index is 0.129. The molecule has 14 heavy (non-hydrogen) atoms. The molecule has 0 heterocycles. The van der Waals surface area contributed by atoms with Gasteiger partial charge in [0.25, 0.3) is 0 Å². The fourth-order valence-electron chi connectivity index (χ4n) is 1.21. The quantitative estimate of drug-likeness (QED) is 0.786. The van der Waals surface area contributed by atoms with Crippen LogP contribution in [0.2, 0.25) is 0 Å². The average molecular weight is 197 g/mol. The van der Waals surface area contributed by atoms with E-state index in [1.54, 1.807) is 12.1 Å².